The van der Waals surface area contributed by atoms with E-state index in [1.165, 1.54) is 5.56 Å². The van der Waals surface area contributed by atoms with Gasteiger partial charge in [0.15, 0.2) is 0 Å². The van der Waals surface area contributed by atoms with Crippen LogP contribution in [0.3, 0.4) is 0 Å². The summed E-state index contributed by atoms with van der Waals surface area (Å²) >= 11 is 0. The Bertz CT molecular complexity index is 516. The summed E-state index contributed by atoms with van der Waals surface area (Å²) in [6.07, 6.45) is 3.28. The van der Waals surface area contributed by atoms with E-state index in [9.17, 15) is 4.79 Å². The number of carbonyl (C=O) groups excluding carboxylic acids is 1. The fourth-order valence-electron chi connectivity index (χ4n) is 2.62. The summed E-state index contributed by atoms with van der Waals surface area (Å²) < 4.78 is 0. The van der Waals surface area contributed by atoms with Crippen molar-refractivity contribution in [2.24, 2.45) is 0 Å². The summed E-state index contributed by atoms with van der Waals surface area (Å²) in [6.45, 7) is 4.79. The molecule has 0 radical (unpaired) electrons. The van der Waals surface area contributed by atoms with E-state index in [1.54, 1.807) is 4.90 Å². The number of piperidine rings is 1. The summed E-state index contributed by atoms with van der Waals surface area (Å²) in [5.74, 6) is 0.0833. The van der Waals surface area contributed by atoms with Gasteiger partial charge in [-0.3, -0.25) is 4.79 Å². The molecule has 1 heterocycles. The molecule has 1 aromatic carbocycles. The number of amides is 1. The second kappa shape index (κ2) is 5.88. The van der Waals surface area contributed by atoms with Crippen LogP contribution >= 0.6 is 0 Å². The Balaban J connectivity index is 2.12. The fourth-order valence-corrected chi connectivity index (χ4v) is 2.62. The Morgan fingerprint density at radius 3 is 2.95 bits per heavy atom. The van der Waals surface area contributed by atoms with Gasteiger partial charge in [0, 0.05) is 6.54 Å². The van der Waals surface area contributed by atoms with Crippen LogP contribution < -0.4 is 0 Å². The van der Waals surface area contributed by atoms with E-state index in [-0.39, 0.29) is 11.9 Å². The molecular weight excluding hydrogens is 236 g/mol. The number of likely N-dealkylation sites (tertiary alicyclic amines) is 1. The van der Waals surface area contributed by atoms with Crippen molar-refractivity contribution < 1.29 is 4.79 Å². The zero-order chi connectivity index (χ0) is 13.8. The molecule has 1 atom stereocenters. The molecule has 3 heteroatoms. The van der Waals surface area contributed by atoms with Gasteiger partial charge in [-0.05, 0) is 44.2 Å². The Kier molecular flexibility index (Phi) is 4.21. The van der Waals surface area contributed by atoms with E-state index in [0.29, 0.717) is 6.42 Å². The Morgan fingerprint density at radius 1 is 1.42 bits per heavy atom. The molecule has 0 aromatic heterocycles. The first kappa shape index (κ1) is 13.6. The molecule has 0 saturated carbocycles. The first-order chi connectivity index (χ1) is 9.11. The number of rotatable bonds is 2. The third-order valence-electron chi connectivity index (χ3n) is 3.82. The van der Waals surface area contributed by atoms with Crippen molar-refractivity contribution in [1.29, 1.82) is 5.26 Å². The van der Waals surface area contributed by atoms with Crippen molar-refractivity contribution in [3.8, 4) is 6.07 Å². The molecular formula is C16H20N2O. The predicted octanol–water partition coefficient (Wildman–Crippen LogP) is 2.75. The van der Waals surface area contributed by atoms with Gasteiger partial charge in [-0.25, -0.2) is 0 Å². The second-order valence-corrected chi connectivity index (χ2v) is 5.33. The van der Waals surface area contributed by atoms with Gasteiger partial charge in [0.2, 0.25) is 5.91 Å². The monoisotopic (exact) mass is 256 g/mol. The van der Waals surface area contributed by atoms with E-state index in [0.717, 1.165) is 36.9 Å². The fraction of sp³-hybridized carbons (Fsp3) is 0.500. The van der Waals surface area contributed by atoms with Crippen LogP contribution in [0, 0.1) is 25.2 Å². The standard InChI is InChI=1S/C16H20N2O/c1-12-6-7-13(2)14(9-12)10-16(19)18-8-4-3-5-15(18)11-17/h6-7,9,15H,3-5,8,10H2,1-2H3. The molecule has 0 aliphatic carbocycles. The molecule has 1 aromatic rings. The van der Waals surface area contributed by atoms with Crippen LogP contribution in [0.2, 0.25) is 0 Å². The minimum Gasteiger partial charge on any atom is -0.326 e. The van der Waals surface area contributed by atoms with Crippen molar-refractivity contribution in [1.82, 2.24) is 4.90 Å². The molecule has 100 valence electrons. The van der Waals surface area contributed by atoms with E-state index in [1.807, 2.05) is 13.8 Å². The zero-order valence-corrected chi connectivity index (χ0v) is 11.6. The lowest BCUT2D eigenvalue weighted by molar-refractivity contribution is -0.132. The highest BCUT2D eigenvalue weighted by molar-refractivity contribution is 5.80. The lowest BCUT2D eigenvalue weighted by atomic mass is 9.99. The van der Waals surface area contributed by atoms with Crippen LogP contribution in [0.1, 0.15) is 36.0 Å². The predicted molar refractivity (Wildman–Crippen MR) is 74.6 cm³/mol. The molecule has 1 aliphatic heterocycles. The summed E-state index contributed by atoms with van der Waals surface area (Å²) in [6, 6.07) is 8.20. The van der Waals surface area contributed by atoms with Crippen LogP contribution in [-0.2, 0) is 11.2 Å². The lowest BCUT2D eigenvalue weighted by Crippen LogP contribution is -2.43. The lowest BCUT2D eigenvalue weighted by Gasteiger charge is -2.31. The van der Waals surface area contributed by atoms with Gasteiger partial charge in [-0.2, -0.15) is 5.26 Å². The number of hydrogen-bond donors (Lipinski definition) is 0. The van der Waals surface area contributed by atoms with Crippen molar-refractivity contribution >= 4 is 5.91 Å². The minimum absolute atomic E-state index is 0.0833. The van der Waals surface area contributed by atoms with Crippen LogP contribution in [-0.4, -0.2) is 23.4 Å². The summed E-state index contributed by atoms with van der Waals surface area (Å²) in [5.41, 5.74) is 3.39. The molecule has 0 spiro atoms. The Hall–Kier alpha value is -1.82. The van der Waals surface area contributed by atoms with E-state index < -0.39 is 0 Å². The first-order valence-corrected chi connectivity index (χ1v) is 6.87. The molecule has 1 aliphatic rings. The van der Waals surface area contributed by atoms with Crippen molar-refractivity contribution in [3.05, 3.63) is 34.9 Å². The molecule has 1 unspecified atom stereocenters. The molecule has 2 rings (SSSR count). The van der Waals surface area contributed by atoms with E-state index >= 15 is 0 Å². The average molecular weight is 256 g/mol. The zero-order valence-electron chi connectivity index (χ0n) is 11.6. The Morgan fingerprint density at radius 2 is 2.21 bits per heavy atom. The molecule has 0 bridgehead atoms. The second-order valence-electron chi connectivity index (χ2n) is 5.33. The first-order valence-electron chi connectivity index (χ1n) is 6.87. The number of carbonyl (C=O) groups is 1. The topological polar surface area (TPSA) is 44.1 Å². The average Bonchev–Trinajstić information content (AvgIpc) is 2.42. The van der Waals surface area contributed by atoms with Crippen molar-refractivity contribution in [2.75, 3.05) is 6.54 Å². The maximum atomic E-state index is 12.4. The van der Waals surface area contributed by atoms with Gasteiger partial charge in [0.05, 0.1) is 12.5 Å². The SMILES string of the molecule is Cc1ccc(C)c(CC(=O)N2CCCCC2C#N)c1. The number of nitriles is 1. The number of nitrogens with zero attached hydrogens (tertiary/aromatic N) is 2. The maximum Gasteiger partial charge on any atom is 0.228 e. The largest absolute Gasteiger partial charge is 0.326 e. The van der Waals surface area contributed by atoms with Crippen LogP contribution in [0.25, 0.3) is 0 Å². The smallest absolute Gasteiger partial charge is 0.228 e. The van der Waals surface area contributed by atoms with Gasteiger partial charge in [0.1, 0.15) is 6.04 Å². The van der Waals surface area contributed by atoms with Crippen molar-refractivity contribution in [2.45, 2.75) is 45.6 Å². The molecule has 1 amide bonds. The normalized spacial score (nSPS) is 19.0. The third-order valence-corrected chi connectivity index (χ3v) is 3.82. The van der Waals surface area contributed by atoms with Gasteiger partial charge < -0.3 is 4.90 Å². The molecule has 19 heavy (non-hydrogen) atoms. The molecule has 3 nitrogen and oxygen atoms in total. The molecule has 1 fully saturated rings. The number of aryl methyl sites for hydroxylation is 2. The van der Waals surface area contributed by atoms with Gasteiger partial charge in [-0.15, -0.1) is 0 Å². The highest BCUT2D eigenvalue weighted by Crippen LogP contribution is 2.19. The maximum absolute atomic E-state index is 12.4. The molecule has 0 N–H and O–H groups in total. The summed E-state index contributed by atoms with van der Waals surface area (Å²) in [4.78, 5) is 14.1. The summed E-state index contributed by atoms with van der Waals surface area (Å²) in [5, 5.41) is 9.13. The van der Waals surface area contributed by atoms with E-state index in [4.69, 9.17) is 5.26 Å². The van der Waals surface area contributed by atoms with Crippen molar-refractivity contribution in [3.63, 3.8) is 0 Å². The van der Waals surface area contributed by atoms with E-state index in [2.05, 4.69) is 24.3 Å². The van der Waals surface area contributed by atoms with Gasteiger partial charge >= 0.3 is 0 Å². The third kappa shape index (κ3) is 3.14. The van der Waals surface area contributed by atoms with Crippen LogP contribution in [0.15, 0.2) is 18.2 Å². The number of hydrogen-bond acceptors (Lipinski definition) is 2. The van der Waals surface area contributed by atoms with Crippen LogP contribution in [0.4, 0.5) is 0 Å². The minimum atomic E-state index is -0.230. The highest BCUT2D eigenvalue weighted by Gasteiger charge is 2.26. The van der Waals surface area contributed by atoms with Crippen LogP contribution in [0.5, 0.6) is 0 Å². The van der Waals surface area contributed by atoms with Gasteiger partial charge in [-0.1, -0.05) is 23.8 Å². The Labute approximate surface area is 114 Å². The quantitative estimate of drug-likeness (QED) is 0.816. The molecule has 1 saturated heterocycles. The van der Waals surface area contributed by atoms with Gasteiger partial charge in [0.25, 0.3) is 0 Å². The number of benzene rings is 1. The highest BCUT2D eigenvalue weighted by atomic mass is 16.2. The summed E-state index contributed by atoms with van der Waals surface area (Å²) in [7, 11) is 0.